The fourth-order valence-corrected chi connectivity index (χ4v) is 0.631. The van der Waals surface area contributed by atoms with Crippen molar-refractivity contribution < 1.29 is 11.0 Å². The third-order valence-electron chi connectivity index (χ3n) is 1.12. The lowest BCUT2D eigenvalue weighted by Gasteiger charge is -2.03. The van der Waals surface area contributed by atoms with Gasteiger partial charge in [-0.3, -0.25) is 0 Å². The second-order valence-electron chi connectivity index (χ2n) is 2.08. The third kappa shape index (κ3) is 29.5. The van der Waals surface area contributed by atoms with E-state index in [2.05, 4.69) is 10.6 Å². The Morgan fingerprint density at radius 3 is 1.14 bits per heavy atom. The van der Waals surface area contributed by atoms with Crippen LogP contribution in [0, 0.1) is 0 Å². The molecule has 0 heterocycles. The fraction of sp³-hybridized carbons (Fsp3) is 1.00. The topological polar surface area (TPSA) is 139 Å². The molecule has 0 bridgehead atoms. The van der Waals surface area contributed by atoms with Crippen LogP contribution in [0.1, 0.15) is 0 Å². The maximum absolute atomic E-state index is 5.27. The van der Waals surface area contributed by atoms with Crippen LogP contribution < -0.4 is 22.1 Å². The standard InChI is InChI=1S/C6H18N4.2ClH.2H2O/c7-1-3-9-5-6-10-4-2-8;;;;/h9-10H,1-8H2;2*1H;2*1H2. The zero-order valence-corrected chi connectivity index (χ0v) is 9.85. The molecule has 14 heavy (non-hydrogen) atoms. The summed E-state index contributed by atoms with van der Waals surface area (Å²) in [6, 6.07) is 0. The van der Waals surface area contributed by atoms with Crippen molar-refractivity contribution in [3.63, 3.8) is 0 Å². The van der Waals surface area contributed by atoms with E-state index in [9.17, 15) is 0 Å². The van der Waals surface area contributed by atoms with Crippen molar-refractivity contribution in [1.29, 1.82) is 0 Å². The van der Waals surface area contributed by atoms with Crippen molar-refractivity contribution in [3.05, 3.63) is 0 Å². The van der Waals surface area contributed by atoms with Gasteiger partial charge in [-0.25, -0.2) is 0 Å². The predicted octanol–water partition coefficient (Wildman–Crippen LogP) is -2.72. The molecule has 94 valence electrons. The highest BCUT2D eigenvalue weighted by molar-refractivity contribution is 5.85. The molecule has 0 saturated carbocycles. The molecule has 0 atom stereocenters. The molecule has 0 amide bonds. The number of nitrogens with one attached hydrogen (secondary N) is 2. The van der Waals surface area contributed by atoms with Crippen LogP contribution in [-0.4, -0.2) is 50.2 Å². The van der Waals surface area contributed by atoms with Gasteiger partial charge in [-0.15, -0.1) is 24.8 Å². The Balaban J connectivity index is -0.0000000675. The van der Waals surface area contributed by atoms with E-state index in [4.69, 9.17) is 11.5 Å². The van der Waals surface area contributed by atoms with Gasteiger partial charge in [0.15, 0.2) is 0 Å². The van der Waals surface area contributed by atoms with Gasteiger partial charge in [0, 0.05) is 39.3 Å². The Hall–Kier alpha value is 0.340. The summed E-state index contributed by atoms with van der Waals surface area (Å²) in [5.74, 6) is 0. The Labute approximate surface area is 97.6 Å². The molecular formula is C6H24Cl2N4O2. The van der Waals surface area contributed by atoms with E-state index in [1.54, 1.807) is 0 Å². The molecule has 0 aromatic rings. The van der Waals surface area contributed by atoms with Gasteiger partial charge in [-0.2, -0.15) is 0 Å². The predicted molar refractivity (Wildman–Crippen MR) is 65.6 cm³/mol. The third-order valence-corrected chi connectivity index (χ3v) is 1.12. The largest absolute Gasteiger partial charge is 0.412 e. The number of halogens is 2. The number of hydrogen-bond donors (Lipinski definition) is 4. The van der Waals surface area contributed by atoms with Gasteiger partial charge in [0.2, 0.25) is 0 Å². The molecule has 0 radical (unpaired) electrons. The summed E-state index contributed by atoms with van der Waals surface area (Å²) >= 11 is 0. The van der Waals surface area contributed by atoms with Crippen LogP contribution in [0.5, 0.6) is 0 Å². The quantitative estimate of drug-likeness (QED) is 0.367. The maximum atomic E-state index is 5.27. The smallest absolute Gasteiger partial charge is 0.00772 e. The van der Waals surface area contributed by atoms with Gasteiger partial charge < -0.3 is 33.1 Å². The van der Waals surface area contributed by atoms with Gasteiger partial charge in [0.1, 0.15) is 0 Å². The minimum absolute atomic E-state index is 0. The highest BCUT2D eigenvalue weighted by Gasteiger charge is 1.83. The second kappa shape index (κ2) is 29.2. The van der Waals surface area contributed by atoms with E-state index < -0.39 is 0 Å². The first-order valence-corrected chi connectivity index (χ1v) is 3.73. The molecule has 0 saturated heterocycles. The Kier molecular flexibility index (Phi) is 61.0. The molecule has 6 nitrogen and oxygen atoms in total. The summed E-state index contributed by atoms with van der Waals surface area (Å²) in [5, 5.41) is 6.33. The Morgan fingerprint density at radius 1 is 0.643 bits per heavy atom. The van der Waals surface area contributed by atoms with Crippen molar-refractivity contribution in [1.82, 2.24) is 10.6 Å². The first-order chi connectivity index (χ1) is 4.91. The zero-order chi connectivity index (χ0) is 7.66. The lowest BCUT2D eigenvalue weighted by Crippen LogP contribution is -2.32. The van der Waals surface area contributed by atoms with E-state index in [0.717, 1.165) is 26.2 Å². The lowest BCUT2D eigenvalue weighted by atomic mass is 10.5. The molecule has 8 heteroatoms. The summed E-state index contributed by atoms with van der Waals surface area (Å²) in [4.78, 5) is 0. The molecule has 0 rings (SSSR count). The fourth-order valence-electron chi connectivity index (χ4n) is 0.631. The van der Waals surface area contributed by atoms with Crippen molar-refractivity contribution in [2.75, 3.05) is 39.3 Å². The monoisotopic (exact) mass is 254 g/mol. The highest BCUT2D eigenvalue weighted by Crippen LogP contribution is 1.57. The van der Waals surface area contributed by atoms with Crippen molar-refractivity contribution >= 4 is 24.8 Å². The minimum Gasteiger partial charge on any atom is -0.412 e. The van der Waals surface area contributed by atoms with Crippen LogP contribution in [0.2, 0.25) is 0 Å². The van der Waals surface area contributed by atoms with Crippen LogP contribution in [-0.2, 0) is 0 Å². The van der Waals surface area contributed by atoms with Crippen LogP contribution in [0.25, 0.3) is 0 Å². The molecule has 0 fully saturated rings. The molecule has 0 spiro atoms. The second-order valence-corrected chi connectivity index (χ2v) is 2.08. The molecule has 0 aromatic heterocycles. The Morgan fingerprint density at radius 2 is 0.929 bits per heavy atom. The zero-order valence-electron chi connectivity index (χ0n) is 8.21. The molecule has 0 aliphatic carbocycles. The highest BCUT2D eigenvalue weighted by atomic mass is 35.5. The maximum Gasteiger partial charge on any atom is 0.00772 e. The summed E-state index contributed by atoms with van der Waals surface area (Å²) in [7, 11) is 0. The first kappa shape index (κ1) is 29.3. The van der Waals surface area contributed by atoms with Gasteiger partial charge in [-0.1, -0.05) is 0 Å². The van der Waals surface area contributed by atoms with E-state index in [1.165, 1.54) is 0 Å². The summed E-state index contributed by atoms with van der Waals surface area (Å²) in [5.41, 5.74) is 10.5. The summed E-state index contributed by atoms with van der Waals surface area (Å²) < 4.78 is 0. The first-order valence-electron chi connectivity index (χ1n) is 3.73. The molecule has 0 aliphatic heterocycles. The molecule has 10 N–H and O–H groups in total. The normalized spacial score (nSPS) is 7.29. The lowest BCUT2D eigenvalue weighted by molar-refractivity contribution is 0.618. The van der Waals surface area contributed by atoms with E-state index >= 15 is 0 Å². The van der Waals surface area contributed by atoms with Crippen LogP contribution in [0.4, 0.5) is 0 Å². The van der Waals surface area contributed by atoms with Crippen molar-refractivity contribution in [2.24, 2.45) is 11.5 Å². The van der Waals surface area contributed by atoms with Crippen LogP contribution in [0.3, 0.4) is 0 Å². The molecule has 0 aliphatic rings. The average molecular weight is 255 g/mol. The van der Waals surface area contributed by atoms with Crippen molar-refractivity contribution in [2.45, 2.75) is 0 Å². The van der Waals surface area contributed by atoms with E-state index in [1.807, 2.05) is 0 Å². The van der Waals surface area contributed by atoms with E-state index in [0.29, 0.717) is 13.1 Å². The molecule has 0 unspecified atom stereocenters. The summed E-state index contributed by atoms with van der Waals surface area (Å²) in [6.07, 6.45) is 0. The number of hydrogen-bond acceptors (Lipinski definition) is 4. The van der Waals surface area contributed by atoms with Crippen molar-refractivity contribution in [3.8, 4) is 0 Å². The van der Waals surface area contributed by atoms with Gasteiger partial charge in [0.05, 0.1) is 0 Å². The SMILES string of the molecule is Cl.Cl.NCCNCCNCCN.O.O. The van der Waals surface area contributed by atoms with Gasteiger partial charge in [-0.05, 0) is 0 Å². The Bertz CT molecular complexity index is 65.8. The van der Waals surface area contributed by atoms with Crippen LogP contribution >= 0.6 is 24.8 Å². The van der Waals surface area contributed by atoms with E-state index in [-0.39, 0.29) is 35.8 Å². The molecular weight excluding hydrogens is 231 g/mol. The molecule has 0 aromatic carbocycles. The number of nitrogens with two attached hydrogens (primary N) is 2. The average Bonchev–Trinajstić information content (AvgIpc) is 1.97. The van der Waals surface area contributed by atoms with Gasteiger partial charge >= 0.3 is 0 Å². The number of rotatable bonds is 7. The summed E-state index contributed by atoms with van der Waals surface area (Å²) in [6.45, 7) is 5.14. The minimum atomic E-state index is 0. The van der Waals surface area contributed by atoms with Crippen LogP contribution in [0.15, 0.2) is 0 Å². The van der Waals surface area contributed by atoms with Gasteiger partial charge in [0.25, 0.3) is 0 Å².